The van der Waals surface area contributed by atoms with Crippen molar-refractivity contribution in [1.82, 2.24) is 5.32 Å². The maximum absolute atomic E-state index is 11.8. The number of nitriles is 1. The highest BCUT2D eigenvalue weighted by molar-refractivity contribution is 6.30. The van der Waals surface area contributed by atoms with Gasteiger partial charge in [-0.2, -0.15) is 5.26 Å². The van der Waals surface area contributed by atoms with Crippen LogP contribution in [0.1, 0.15) is 25.0 Å². The van der Waals surface area contributed by atoms with E-state index in [1.807, 2.05) is 18.2 Å². The van der Waals surface area contributed by atoms with Crippen LogP contribution in [0.3, 0.4) is 0 Å². The number of carbonyl (C=O) groups excluding carboxylic acids is 1. The Bertz CT molecular complexity index is 527. The number of carbonyl (C=O) groups is 1. The van der Waals surface area contributed by atoms with Gasteiger partial charge >= 0.3 is 0 Å². The van der Waals surface area contributed by atoms with E-state index < -0.39 is 0 Å². The first-order valence-electron chi connectivity index (χ1n) is 6.63. The lowest BCUT2D eigenvalue weighted by Gasteiger charge is -2.17. The molecule has 0 saturated heterocycles. The molecule has 2 rings (SSSR count). The number of rotatable bonds is 6. The molecule has 1 N–H and O–H groups in total. The number of halogens is 1. The number of nitrogens with one attached hydrogen (secondary N) is 1. The van der Waals surface area contributed by atoms with Gasteiger partial charge < -0.3 is 10.1 Å². The third-order valence-electron chi connectivity index (χ3n) is 3.48. The Kier molecular flexibility index (Phi) is 4.99. The highest BCUT2D eigenvalue weighted by Gasteiger charge is 2.39. The predicted molar refractivity (Wildman–Crippen MR) is 76.0 cm³/mol. The van der Waals surface area contributed by atoms with Crippen LogP contribution in [-0.2, 0) is 9.53 Å². The molecule has 0 bridgehead atoms. The van der Waals surface area contributed by atoms with Crippen molar-refractivity contribution in [3.63, 3.8) is 0 Å². The number of hydrogen-bond donors (Lipinski definition) is 1. The van der Waals surface area contributed by atoms with Crippen molar-refractivity contribution < 1.29 is 9.53 Å². The average Bonchev–Trinajstić information content (AvgIpc) is 3.16. The van der Waals surface area contributed by atoms with Crippen molar-refractivity contribution in [1.29, 1.82) is 5.26 Å². The minimum atomic E-state index is -0.355. The Morgan fingerprint density at radius 2 is 2.40 bits per heavy atom. The second-order valence-corrected chi connectivity index (χ2v) is 5.51. The second-order valence-electron chi connectivity index (χ2n) is 5.08. The van der Waals surface area contributed by atoms with E-state index >= 15 is 0 Å². The molecular formula is C15H17ClN2O2. The maximum Gasteiger partial charge on any atom is 0.223 e. The van der Waals surface area contributed by atoms with Crippen LogP contribution in [0, 0.1) is 23.2 Å². The third kappa shape index (κ3) is 3.96. The standard InChI is InChI=1S/C15H17ClN2O2/c1-10-7-13(10)15(19)18-9-14(20-6-5-17)11-3-2-4-12(16)8-11/h2-4,8,10,13-14H,6-7,9H2,1H3,(H,18,19)/t10-,13-,14+/m0/s1. The minimum absolute atomic E-state index is 0.0210. The van der Waals surface area contributed by atoms with Gasteiger partial charge in [-0.25, -0.2) is 0 Å². The predicted octanol–water partition coefficient (Wildman–Crippen LogP) is 2.69. The third-order valence-corrected chi connectivity index (χ3v) is 3.71. The van der Waals surface area contributed by atoms with E-state index in [1.54, 1.807) is 12.1 Å². The molecule has 1 fully saturated rings. The maximum atomic E-state index is 11.8. The Balaban J connectivity index is 1.96. The van der Waals surface area contributed by atoms with Gasteiger partial charge in [0.1, 0.15) is 12.7 Å². The first kappa shape index (κ1) is 14.8. The van der Waals surface area contributed by atoms with Crippen LogP contribution in [0.2, 0.25) is 5.02 Å². The van der Waals surface area contributed by atoms with Crippen molar-refractivity contribution in [3.05, 3.63) is 34.9 Å². The molecule has 0 radical (unpaired) electrons. The molecule has 0 aromatic heterocycles. The van der Waals surface area contributed by atoms with Crippen LogP contribution >= 0.6 is 11.6 Å². The molecular weight excluding hydrogens is 276 g/mol. The Morgan fingerprint density at radius 1 is 1.65 bits per heavy atom. The van der Waals surface area contributed by atoms with E-state index in [2.05, 4.69) is 12.2 Å². The highest BCUT2D eigenvalue weighted by Crippen LogP contribution is 2.37. The molecule has 1 aliphatic carbocycles. The van der Waals surface area contributed by atoms with Gasteiger partial charge in [0.25, 0.3) is 0 Å². The molecule has 1 saturated carbocycles. The van der Waals surface area contributed by atoms with Crippen molar-refractivity contribution in [2.75, 3.05) is 13.2 Å². The fourth-order valence-corrected chi connectivity index (χ4v) is 2.33. The van der Waals surface area contributed by atoms with Gasteiger partial charge in [0, 0.05) is 17.5 Å². The van der Waals surface area contributed by atoms with Gasteiger partial charge in [-0.15, -0.1) is 0 Å². The van der Waals surface area contributed by atoms with Gasteiger partial charge in [-0.3, -0.25) is 4.79 Å². The Labute approximate surface area is 123 Å². The lowest BCUT2D eigenvalue weighted by atomic mass is 10.1. The van der Waals surface area contributed by atoms with Crippen LogP contribution in [0.4, 0.5) is 0 Å². The summed E-state index contributed by atoms with van der Waals surface area (Å²) in [6, 6.07) is 9.21. The zero-order valence-electron chi connectivity index (χ0n) is 11.3. The van der Waals surface area contributed by atoms with Crippen molar-refractivity contribution in [2.45, 2.75) is 19.4 Å². The van der Waals surface area contributed by atoms with E-state index in [4.69, 9.17) is 21.6 Å². The van der Waals surface area contributed by atoms with Crippen molar-refractivity contribution >= 4 is 17.5 Å². The van der Waals surface area contributed by atoms with Crippen LogP contribution in [-0.4, -0.2) is 19.1 Å². The summed E-state index contributed by atoms with van der Waals surface area (Å²) in [5.74, 6) is 0.663. The smallest absolute Gasteiger partial charge is 0.223 e. The molecule has 106 valence electrons. The fourth-order valence-electron chi connectivity index (χ4n) is 2.13. The number of benzene rings is 1. The van der Waals surface area contributed by atoms with Gasteiger partial charge in [-0.05, 0) is 30.0 Å². The monoisotopic (exact) mass is 292 g/mol. The normalized spacial score (nSPS) is 21.9. The number of hydrogen-bond acceptors (Lipinski definition) is 3. The first-order chi connectivity index (χ1) is 9.61. The molecule has 0 aliphatic heterocycles. The van der Waals surface area contributed by atoms with E-state index in [1.165, 1.54) is 0 Å². The summed E-state index contributed by atoms with van der Waals surface area (Å²) in [5.41, 5.74) is 0.858. The van der Waals surface area contributed by atoms with E-state index in [-0.39, 0.29) is 24.5 Å². The molecule has 20 heavy (non-hydrogen) atoms. The number of amides is 1. The van der Waals surface area contributed by atoms with Crippen LogP contribution in [0.15, 0.2) is 24.3 Å². The van der Waals surface area contributed by atoms with Crippen LogP contribution in [0.25, 0.3) is 0 Å². The largest absolute Gasteiger partial charge is 0.357 e. The molecule has 0 unspecified atom stereocenters. The molecule has 1 aliphatic rings. The second kappa shape index (κ2) is 6.74. The summed E-state index contributed by atoms with van der Waals surface area (Å²) in [5, 5.41) is 12.1. The molecule has 1 aromatic rings. The van der Waals surface area contributed by atoms with Crippen LogP contribution < -0.4 is 5.32 Å². The summed E-state index contributed by atoms with van der Waals surface area (Å²) in [6.45, 7) is 2.39. The van der Waals surface area contributed by atoms with E-state index in [9.17, 15) is 4.79 Å². The molecule has 1 amide bonds. The van der Waals surface area contributed by atoms with E-state index in [0.29, 0.717) is 17.5 Å². The zero-order chi connectivity index (χ0) is 14.5. The van der Waals surface area contributed by atoms with Crippen LogP contribution in [0.5, 0.6) is 0 Å². The summed E-state index contributed by atoms with van der Waals surface area (Å²) < 4.78 is 5.48. The summed E-state index contributed by atoms with van der Waals surface area (Å²) in [4.78, 5) is 11.8. The summed E-state index contributed by atoms with van der Waals surface area (Å²) >= 11 is 5.96. The van der Waals surface area contributed by atoms with Crippen molar-refractivity contribution in [3.8, 4) is 6.07 Å². The zero-order valence-corrected chi connectivity index (χ0v) is 12.1. The Morgan fingerprint density at radius 3 is 3.00 bits per heavy atom. The highest BCUT2D eigenvalue weighted by atomic mass is 35.5. The number of ether oxygens (including phenoxy) is 1. The molecule has 3 atom stereocenters. The summed E-state index contributed by atoms with van der Waals surface area (Å²) in [6.07, 6.45) is 0.596. The topological polar surface area (TPSA) is 62.1 Å². The lowest BCUT2D eigenvalue weighted by molar-refractivity contribution is -0.123. The molecule has 4 nitrogen and oxygen atoms in total. The quantitative estimate of drug-likeness (QED) is 0.877. The van der Waals surface area contributed by atoms with Gasteiger partial charge in [-0.1, -0.05) is 30.7 Å². The SMILES string of the molecule is C[C@H]1C[C@@H]1C(=O)NC[C@@H](OCC#N)c1cccc(Cl)c1. The molecule has 0 spiro atoms. The Hall–Kier alpha value is -1.57. The minimum Gasteiger partial charge on any atom is -0.357 e. The van der Waals surface area contributed by atoms with E-state index in [0.717, 1.165) is 12.0 Å². The van der Waals surface area contributed by atoms with Gasteiger partial charge in [0.2, 0.25) is 5.91 Å². The number of nitrogens with zero attached hydrogens (tertiary/aromatic N) is 1. The van der Waals surface area contributed by atoms with Gasteiger partial charge in [0.15, 0.2) is 0 Å². The summed E-state index contributed by atoms with van der Waals surface area (Å²) in [7, 11) is 0. The first-order valence-corrected chi connectivity index (χ1v) is 7.01. The average molecular weight is 293 g/mol. The molecule has 1 aromatic carbocycles. The van der Waals surface area contributed by atoms with Crippen molar-refractivity contribution in [2.24, 2.45) is 11.8 Å². The fraction of sp³-hybridized carbons (Fsp3) is 0.467. The lowest BCUT2D eigenvalue weighted by Crippen LogP contribution is -2.31. The molecule has 0 heterocycles. The van der Waals surface area contributed by atoms with Gasteiger partial charge in [0.05, 0.1) is 6.07 Å². The molecule has 5 heteroatoms.